The number of rotatable bonds is 2. The zero-order valence-corrected chi connectivity index (χ0v) is 10.2. The van der Waals surface area contributed by atoms with E-state index in [1.54, 1.807) is 18.2 Å². The lowest BCUT2D eigenvalue weighted by Crippen LogP contribution is -2.23. The number of halogens is 1. The molecule has 0 aliphatic heterocycles. The molecule has 0 spiro atoms. The van der Waals surface area contributed by atoms with Gasteiger partial charge in [0.1, 0.15) is 17.7 Å². The van der Waals surface area contributed by atoms with Crippen molar-refractivity contribution >= 4 is 5.52 Å². The van der Waals surface area contributed by atoms with Crippen LogP contribution >= 0.6 is 0 Å². The molecule has 0 saturated heterocycles. The monoisotopic (exact) mass is 258 g/mol. The van der Waals surface area contributed by atoms with Crippen molar-refractivity contribution in [2.24, 2.45) is 0 Å². The molecule has 0 N–H and O–H groups in total. The Labute approximate surface area is 107 Å². The van der Waals surface area contributed by atoms with Crippen LogP contribution in [0.25, 0.3) is 16.8 Å². The summed E-state index contributed by atoms with van der Waals surface area (Å²) in [7, 11) is 0. The van der Waals surface area contributed by atoms with Crippen LogP contribution in [0.15, 0.2) is 41.5 Å². The van der Waals surface area contributed by atoms with E-state index in [1.165, 1.54) is 27.7 Å². The van der Waals surface area contributed by atoms with Crippen LogP contribution in [0.5, 0.6) is 0 Å². The summed E-state index contributed by atoms with van der Waals surface area (Å²) in [6.45, 7) is 2.36. The largest absolute Gasteiger partial charge is 0.292 e. The number of hydrogen-bond acceptors (Lipinski definition) is 3. The van der Waals surface area contributed by atoms with Crippen LogP contribution in [0.4, 0.5) is 4.39 Å². The third-order valence-corrected chi connectivity index (χ3v) is 2.93. The molecule has 0 bridgehead atoms. The minimum Gasteiger partial charge on any atom is -0.265 e. The molecule has 0 saturated carbocycles. The van der Waals surface area contributed by atoms with E-state index in [2.05, 4.69) is 10.2 Å². The molecule has 0 unspecified atom stereocenters. The third kappa shape index (κ3) is 1.91. The molecule has 0 aliphatic rings. The molecule has 0 amide bonds. The van der Waals surface area contributed by atoms with E-state index in [4.69, 9.17) is 0 Å². The van der Waals surface area contributed by atoms with E-state index in [1.807, 2.05) is 6.92 Å². The highest BCUT2D eigenvalue weighted by atomic mass is 19.1. The van der Waals surface area contributed by atoms with Crippen LogP contribution in [0.3, 0.4) is 0 Å². The predicted octanol–water partition coefficient (Wildman–Crippen LogP) is 1.72. The second-order valence-electron chi connectivity index (χ2n) is 4.12. The van der Waals surface area contributed by atoms with Crippen LogP contribution in [0.2, 0.25) is 0 Å². The van der Waals surface area contributed by atoms with Gasteiger partial charge in [0.05, 0.1) is 5.69 Å². The maximum atomic E-state index is 12.9. The Kier molecular flexibility index (Phi) is 2.63. The molecule has 3 aromatic rings. The van der Waals surface area contributed by atoms with Gasteiger partial charge in [-0.05, 0) is 37.3 Å². The molecular formula is C13H11FN4O. The predicted molar refractivity (Wildman–Crippen MR) is 68.3 cm³/mol. The number of benzene rings is 1. The SMILES string of the molecule is CCn1ncn2nc(-c3ccc(F)cc3)cc2c1=O. The van der Waals surface area contributed by atoms with Crippen molar-refractivity contribution in [2.75, 3.05) is 0 Å². The second-order valence-corrected chi connectivity index (χ2v) is 4.12. The lowest BCUT2D eigenvalue weighted by atomic mass is 10.1. The molecule has 0 atom stereocenters. The number of aromatic nitrogens is 4. The van der Waals surface area contributed by atoms with E-state index in [-0.39, 0.29) is 11.4 Å². The topological polar surface area (TPSA) is 52.2 Å². The van der Waals surface area contributed by atoms with Crippen molar-refractivity contribution in [3.05, 3.63) is 52.8 Å². The van der Waals surface area contributed by atoms with Gasteiger partial charge in [0.2, 0.25) is 0 Å². The van der Waals surface area contributed by atoms with Gasteiger partial charge < -0.3 is 0 Å². The summed E-state index contributed by atoms with van der Waals surface area (Å²) in [6, 6.07) is 7.67. The van der Waals surface area contributed by atoms with E-state index >= 15 is 0 Å². The Hall–Kier alpha value is -2.50. The highest BCUT2D eigenvalue weighted by Gasteiger charge is 2.09. The molecular weight excluding hydrogens is 247 g/mol. The van der Waals surface area contributed by atoms with Crippen molar-refractivity contribution < 1.29 is 4.39 Å². The first-order valence-corrected chi connectivity index (χ1v) is 5.90. The Morgan fingerprint density at radius 2 is 2.00 bits per heavy atom. The average molecular weight is 258 g/mol. The summed E-state index contributed by atoms with van der Waals surface area (Å²) in [4.78, 5) is 12.0. The fourth-order valence-electron chi connectivity index (χ4n) is 1.93. The molecule has 2 aromatic heterocycles. The summed E-state index contributed by atoms with van der Waals surface area (Å²) in [5, 5.41) is 8.26. The van der Waals surface area contributed by atoms with Crippen molar-refractivity contribution in [1.82, 2.24) is 19.4 Å². The highest BCUT2D eigenvalue weighted by Crippen LogP contribution is 2.18. The molecule has 1 aromatic carbocycles. The molecule has 0 radical (unpaired) electrons. The third-order valence-electron chi connectivity index (χ3n) is 2.93. The molecule has 3 rings (SSSR count). The fourth-order valence-corrected chi connectivity index (χ4v) is 1.93. The van der Waals surface area contributed by atoms with E-state index < -0.39 is 0 Å². The Bertz CT molecular complexity index is 789. The van der Waals surface area contributed by atoms with Crippen LogP contribution in [0, 0.1) is 5.82 Å². The fraction of sp³-hybridized carbons (Fsp3) is 0.154. The summed E-state index contributed by atoms with van der Waals surface area (Å²) in [6.07, 6.45) is 1.49. The molecule has 19 heavy (non-hydrogen) atoms. The Morgan fingerprint density at radius 1 is 1.26 bits per heavy atom. The van der Waals surface area contributed by atoms with E-state index in [9.17, 15) is 9.18 Å². The van der Waals surface area contributed by atoms with Crippen LogP contribution in [0.1, 0.15) is 6.92 Å². The maximum absolute atomic E-state index is 12.9. The Balaban J connectivity index is 2.19. The molecule has 5 nitrogen and oxygen atoms in total. The standard InChI is InChI=1S/C13H11FN4O/c1-2-17-13(19)12-7-11(16-18(12)8-15-17)9-3-5-10(14)6-4-9/h3-8H,2H2,1H3. The second kappa shape index (κ2) is 4.31. The zero-order valence-electron chi connectivity index (χ0n) is 10.2. The summed E-state index contributed by atoms with van der Waals surface area (Å²) in [5.41, 5.74) is 1.64. The first-order chi connectivity index (χ1) is 9.19. The Morgan fingerprint density at radius 3 is 2.68 bits per heavy atom. The zero-order chi connectivity index (χ0) is 13.4. The average Bonchev–Trinajstić information content (AvgIpc) is 2.85. The quantitative estimate of drug-likeness (QED) is 0.703. The molecule has 2 heterocycles. The van der Waals surface area contributed by atoms with Crippen molar-refractivity contribution in [1.29, 1.82) is 0 Å². The lowest BCUT2D eigenvalue weighted by molar-refractivity contribution is 0.599. The van der Waals surface area contributed by atoms with Gasteiger partial charge in [-0.1, -0.05) is 0 Å². The first-order valence-electron chi connectivity index (χ1n) is 5.90. The van der Waals surface area contributed by atoms with Crippen molar-refractivity contribution in [3.8, 4) is 11.3 Å². The number of nitrogens with zero attached hydrogens (tertiary/aromatic N) is 4. The van der Waals surface area contributed by atoms with E-state index in [0.29, 0.717) is 17.8 Å². The van der Waals surface area contributed by atoms with Gasteiger partial charge in [-0.2, -0.15) is 10.2 Å². The normalized spacial score (nSPS) is 11.1. The van der Waals surface area contributed by atoms with Crippen molar-refractivity contribution in [3.63, 3.8) is 0 Å². The van der Waals surface area contributed by atoms with Gasteiger partial charge in [0.25, 0.3) is 5.56 Å². The van der Waals surface area contributed by atoms with Gasteiger partial charge in [-0.25, -0.2) is 13.6 Å². The number of aryl methyl sites for hydroxylation is 1. The van der Waals surface area contributed by atoms with Gasteiger partial charge in [0.15, 0.2) is 0 Å². The lowest BCUT2D eigenvalue weighted by Gasteiger charge is -1.98. The van der Waals surface area contributed by atoms with Gasteiger partial charge in [-0.3, -0.25) is 4.79 Å². The molecule has 0 fully saturated rings. The summed E-state index contributed by atoms with van der Waals surface area (Å²) < 4.78 is 15.7. The van der Waals surface area contributed by atoms with Gasteiger partial charge >= 0.3 is 0 Å². The highest BCUT2D eigenvalue weighted by molar-refractivity contribution is 5.65. The molecule has 96 valence electrons. The molecule has 0 aliphatic carbocycles. The molecule has 6 heteroatoms. The first kappa shape index (κ1) is 11.6. The van der Waals surface area contributed by atoms with Crippen molar-refractivity contribution in [2.45, 2.75) is 13.5 Å². The summed E-state index contributed by atoms with van der Waals surface area (Å²) >= 11 is 0. The number of hydrogen-bond donors (Lipinski definition) is 0. The van der Waals surface area contributed by atoms with Crippen LogP contribution in [-0.2, 0) is 6.54 Å². The van der Waals surface area contributed by atoms with Crippen LogP contribution < -0.4 is 5.56 Å². The van der Waals surface area contributed by atoms with Gasteiger partial charge in [-0.15, -0.1) is 0 Å². The van der Waals surface area contributed by atoms with Crippen LogP contribution in [-0.4, -0.2) is 19.4 Å². The van der Waals surface area contributed by atoms with E-state index in [0.717, 1.165) is 5.56 Å². The maximum Gasteiger partial charge on any atom is 0.292 e. The number of fused-ring (bicyclic) bond motifs is 1. The minimum atomic E-state index is -0.303. The van der Waals surface area contributed by atoms with Gasteiger partial charge in [0, 0.05) is 12.1 Å². The smallest absolute Gasteiger partial charge is 0.265 e. The minimum absolute atomic E-state index is 0.189. The summed E-state index contributed by atoms with van der Waals surface area (Å²) in [5.74, 6) is -0.303.